The number of alkyl halides is 3. The molecule has 2 heterocycles. The summed E-state index contributed by atoms with van der Waals surface area (Å²) in [6.45, 7) is 4.70. The lowest BCUT2D eigenvalue weighted by Crippen LogP contribution is -2.48. The first-order valence-electron chi connectivity index (χ1n) is 12.7. The van der Waals surface area contributed by atoms with Crippen LogP contribution in [0.2, 0.25) is 0 Å². The number of carboxylic acid groups (broad SMARTS) is 1. The fourth-order valence-corrected chi connectivity index (χ4v) is 5.19. The smallest absolute Gasteiger partial charge is 0.416 e. The van der Waals surface area contributed by atoms with Gasteiger partial charge in [-0.1, -0.05) is 35.6 Å². The number of rotatable bonds is 8. The molecule has 0 radical (unpaired) electrons. The average Bonchev–Trinajstić information content (AvgIpc) is 3.34. The molecular formula is C29H27F3N4O5S. The van der Waals surface area contributed by atoms with Crippen molar-refractivity contribution in [1.82, 2.24) is 15.3 Å². The number of amides is 2. The fourth-order valence-electron chi connectivity index (χ4n) is 4.17. The van der Waals surface area contributed by atoms with Gasteiger partial charge in [0, 0.05) is 17.8 Å². The number of nitrogens with zero attached hydrogens (tertiary/aromatic N) is 3. The summed E-state index contributed by atoms with van der Waals surface area (Å²) >= 11 is 1.05. The van der Waals surface area contributed by atoms with Crippen molar-refractivity contribution in [3.8, 4) is 10.4 Å². The number of carbonyl (C=O) groups excluding carboxylic acids is 2. The van der Waals surface area contributed by atoms with Crippen molar-refractivity contribution >= 4 is 45.7 Å². The molecule has 0 saturated carbocycles. The van der Waals surface area contributed by atoms with Gasteiger partial charge in [0.2, 0.25) is 0 Å². The van der Waals surface area contributed by atoms with Gasteiger partial charge in [0.05, 0.1) is 23.0 Å². The number of halogens is 3. The molecule has 1 atom stereocenters. The number of nitrogens with one attached hydrogen (secondary N) is 1. The number of aromatic nitrogens is 2. The first kappa shape index (κ1) is 30.4. The normalized spacial score (nSPS) is 12.5. The van der Waals surface area contributed by atoms with E-state index in [-0.39, 0.29) is 23.8 Å². The third-order valence-corrected chi connectivity index (χ3v) is 7.14. The summed E-state index contributed by atoms with van der Waals surface area (Å²) in [7, 11) is 0. The highest BCUT2D eigenvalue weighted by Crippen LogP contribution is 2.36. The van der Waals surface area contributed by atoms with E-state index >= 15 is 0 Å². The van der Waals surface area contributed by atoms with E-state index in [4.69, 9.17) is 4.74 Å². The van der Waals surface area contributed by atoms with Gasteiger partial charge in [0.15, 0.2) is 11.4 Å². The first-order chi connectivity index (χ1) is 19.7. The Balaban J connectivity index is 1.71. The molecule has 42 heavy (non-hydrogen) atoms. The Morgan fingerprint density at radius 3 is 2.43 bits per heavy atom. The minimum atomic E-state index is -4.52. The Morgan fingerprint density at radius 2 is 1.81 bits per heavy atom. The second kappa shape index (κ2) is 12.1. The molecule has 0 aliphatic carbocycles. The van der Waals surface area contributed by atoms with Crippen LogP contribution in [-0.4, -0.2) is 51.7 Å². The number of pyridine rings is 1. The highest BCUT2D eigenvalue weighted by molar-refractivity contribution is 7.19. The summed E-state index contributed by atoms with van der Waals surface area (Å²) in [4.78, 5) is 47.1. The van der Waals surface area contributed by atoms with Gasteiger partial charge in [0.1, 0.15) is 11.3 Å². The molecule has 4 aromatic rings. The fraction of sp³-hybridized carbons (Fsp3) is 0.276. The van der Waals surface area contributed by atoms with E-state index in [1.165, 1.54) is 12.1 Å². The van der Waals surface area contributed by atoms with E-state index < -0.39 is 35.6 Å². The maximum Gasteiger partial charge on any atom is 0.416 e. The van der Waals surface area contributed by atoms with Crippen LogP contribution in [0, 0.1) is 0 Å². The number of anilines is 1. The number of benzene rings is 2. The van der Waals surface area contributed by atoms with Crippen molar-refractivity contribution in [2.75, 3.05) is 11.4 Å². The molecule has 4 rings (SSSR count). The Kier molecular flexibility index (Phi) is 8.81. The van der Waals surface area contributed by atoms with Crippen molar-refractivity contribution in [2.45, 2.75) is 45.0 Å². The molecule has 2 amide bonds. The third kappa shape index (κ3) is 7.60. The predicted molar refractivity (Wildman–Crippen MR) is 152 cm³/mol. The minimum Gasteiger partial charge on any atom is -0.465 e. The Morgan fingerprint density at radius 1 is 1.10 bits per heavy atom. The van der Waals surface area contributed by atoms with E-state index in [1.54, 1.807) is 39.2 Å². The van der Waals surface area contributed by atoms with Gasteiger partial charge < -0.3 is 15.2 Å². The van der Waals surface area contributed by atoms with Crippen LogP contribution in [0.1, 0.15) is 42.4 Å². The third-order valence-electron chi connectivity index (χ3n) is 6.00. The summed E-state index contributed by atoms with van der Waals surface area (Å²) in [5, 5.41) is 13.7. The number of hydrogen-bond donors (Lipinski definition) is 2. The van der Waals surface area contributed by atoms with Crippen molar-refractivity contribution < 1.29 is 37.4 Å². The Hall–Kier alpha value is -4.52. The van der Waals surface area contributed by atoms with E-state index in [0.717, 1.165) is 39.1 Å². The van der Waals surface area contributed by atoms with Gasteiger partial charge >= 0.3 is 18.4 Å². The summed E-state index contributed by atoms with van der Waals surface area (Å²) in [5.74, 6) is 0. The number of ether oxygens (including phenoxy) is 1. The van der Waals surface area contributed by atoms with E-state index in [0.29, 0.717) is 22.3 Å². The molecule has 2 N–H and O–H groups in total. The largest absolute Gasteiger partial charge is 0.465 e. The highest BCUT2D eigenvalue weighted by Gasteiger charge is 2.32. The maximum absolute atomic E-state index is 13.4. The molecule has 2 aromatic heterocycles. The summed E-state index contributed by atoms with van der Waals surface area (Å²) in [6, 6.07) is 10.7. The summed E-state index contributed by atoms with van der Waals surface area (Å²) < 4.78 is 44.6. The van der Waals surface area contributed by atoms with Gasteiger partial charge in [-0.25, -0.2) is 14.6 Å². The van der Waals surface area contributed by atoms with Crippen LogP contribution in [0.25, 0.3) is 21.2 Å². The van der Waals surface area contributed by atoms with E-state index in [9.17, 15) is 32.7 Å². The van der Waals surface area contributed by atoms with Crippen molar-refractivity contribution in [1.29, 1.82) is 0 Å². The monoisotopic (exact) mass is 600 g/mol. The lowest BCUT2D eigenvalue weighted by molar-refractivity contribution is -0.137. The van der Waals surface area contributed by atoms with Crippen molar-refractivity contribution in [3.05, 3.63) is 77.7 Å². The van der Waals surface area contributed by atoms with Crippen LogP contribution in [-0.2, 0) is 17.3 Å². The number of fused-ring (bicyclic) bond motifs is 1. The second-order valence-electron chi connectivity index (χ2n) is 10.4. The zero-order chi connectivity index (χ0) is 30.7. The van der Waals surface area contributed by atoms with E-state index in [2.05, 4.69) is 15.3 Å². The molecule has 0 saturated heterocycles. The quantitative estimate of drug-likeness (QED) is 0.213. The molecule has 0 spiro atoms. The molecule has 13 heteroatoms. The molecule has 0 aliphatic heterocycles. The van der Waals surface area contributed by atoms with Gasteiger partial charge in [0.25, 0.3) is 0 Å². The SMILES string of the molecule is CC(C)(C)OC(=O)N(C[C@H](Cc1ccc(C(F)(F)F)cc1)NC(=O)O)c1nc(C=O)c(-c2ccc3cnccc3c2)s1. The first-order valence-corrected chi connectivity index (χ1v) is 13.5. The molecule has 2 aromatic carbocycles. The topological polar surface area (TPSA) is 122 Å². The number of aldehydes is 1. The van der Waals surface area contributed by atoms with Gasteiger partial charge in [-0.05, 0) is 68.0 Å². The molecule has 220 valence electrons. The Bertz CT molecular complexity index is 1600. The average molecular weight is 601 g/mol. The van der Waals surface area contributed by atoms with Crippen LogP contribution < -0.4 is 10.2 Å². The zero-order valence-corrected chi connectivity index (χ0v) is 23.6. The zero-order valence-electron chi connectivity index (χ0n) is 22.8. The van der Waals surface area contributed by atoms with Crippen LogP contribution in [0.5, 0.6) is 0 Å². The van der Waals surface area contributed by atoms with Crippen LogP contribution in [0.4, 0.5) is 27.9 Å². The highest BCUT2D eigenvalue weighted by atomic mass is 32.1. The molecule has 0 bridgehead atoms. The molecule has 0 aliphatic rings. The maximum atomic E-state index is 13.4. The van der Waals surface area contributed by atoms with Crippen LogP contribution >= 0.6 is 11.3 Å². The standard InChI is InChI=1S/C29H27F3N4O5S/c1-28(2,3)41-27(40)36(15-22(34-26(38)39)12-17-4-8-21(9-5-17)29(30,31)32)25-35-23(16-37)24(42-25)19-6-7-20-14-33-11-10-18(20)13-19/h4-11,13-14,16,22,34H,12,15H2,1-3H3,(H,38,39)/t22-/m0/s1. The minimum absolute atomic E-state index is 0.0405. The molecular weight excluding hydrogens is 573 g/mol. The van der Waals surface area contributed by atoms with Gasteiger partial charge in [-0.15, -0.1) is 0 Å². The lowest BCUT2D eigenvalue weighted by atomic mass is 10.0. The summed E-state index contributed by atoms with van der Waals surface area (Å²) in [6.07, 6.45) is -2.89. The van der Waals surface area contributed by atoms with Gasteiger partial charge in [-0.3, -0.25) is 14.7 Å². The molecule has 0 unspecified atom stereocenters. The van der Waals surface area contributed by atoms with E-state index in [1.807, 2.05) is 18.2 Å². The second-order valence-corrected chi connectivity index (χ2v) is 11.4. The summed E-state index contributed by atoms with van der Waals surface area (Å²) in [5.41, 5.74) is -0.606. The predicted octanol–water partition coefficient (Wildman–Crippen LogP) is 6.81. The van der Waals surface area contributed by atoms with Crippen LogP contribution in [0.15, 0.2) is 60.9 Å². The van der Waals surface area contributed by atoms with Crippen LogP contribution in [0.3, 0.4) is 0 Å². The number of hydrogen-bond acceptors (Lipinski definition) is 7. The lowest BCUT2D eigenvalue weighted by Gasteiger charge is -2.29. The van der Waals surface area contributed by atoms with Crippen molar-refractivity contribution in [3.63, 3.8) is 0 Å². The molecule has 9 nitrogen and oxygen atoms in total. The molecule has 0 fully saturated rings. The number of carbonyl (C=O) groups is 3. The number of thiazole rings is 1. The van der Waals surface area contributed by atoms with Crippen molar-refractivity contribution in [2.24, 2.45) is 0 Å². The Labute approximate surface area is 243 Å². The van der Waals surface area contributed by atoms with Gasteiger partial charge in [-0.2, -0.15) is 13.2 Å².